The van der Waals surface area contributed by atoms with E-state index in [0.29, 0.717) is 11.8 Å². The second-order valence-electron chi connectivity index (χ2n) is 8.46. The summed E-state index contributed by atoms with van der Waals surface area (Å²) in [6, 6.07) is 29.2. The minimum absolute atomic E-state index is 0.105. The number of benzene rings is 3. The Hall–Kier alpha value is -3.76. The molecule has 5 rings (SSSR count). The van der Waals surface area contributed by atoms with Crippen LogP contribution in [0, 0.1) is 6.92 Å². The molecule has 0 radical (unpaired) electrons. The van der Waals surface area contributed by atoms with Crippen molar-refractivity contribution < 1.29 is 4.42 Å². The normalized spacial score (nSPS) is 13.9. The fraction of sp³-hybridized carbons (Fsp3) is 0.172. The molecule has 1 heterocycles. The summed E-state index contributed by atoms with van der Waals surface area (Å²) in [7, 11) is 0. The van der Waals surface area contributed by atoms with Gasteiger partial charge in [-0.3, -0.25) is 4.90 Å². The van der Waals surface area contributed by atoms with Gasteiger partial charge >= 0.3 is 0 Å². The molecule has 0 bridgehead atoms. The van der Waals surface area contributed by atoms with Crippen LogP contribution in [0.1, 0.15) is 35.0 Å². The van der Waals surface area contributed by atoms with Crippen molar-refractivity contribution in [3.8, 4) is 11.5 Å². The predicted octanol–water partition coefficient (Wildman–Crippen LogP) is 6.67. The van der Waals surface area contributed by atoms with Crippen LogP contribution in [0.2, 0.25) is 0 Å². The molecule has 33 heavy (non-hydrogen) atoms. The van der Waals surface area contributed by atoms with E-state index >= 15 is 0 Å². The topological polar surface area (TPSA) is 42.2 Å². The molecular weight excluding hydrogens is 406 g/mol. The number of hydrogen-bond donors (Lipinski definition) is 0. The van der Waals surface area contributed by atoms with Crippen LogP contribution in [0.15, 0.2) is 113 Å². The maximum absolute atomic E-state index is 6.31. The zero-order chi connectivity index (χ0) is 22.5. The quantitative estimate of drug-likeness (QED) is 0.311. The van der Waals surface area contributed by atoms with Crippen LogP contribution >= 0.6 is 0 Å². The summed E-state index contributed by atoms with van der Waals surface area (Å²) in [6.45, 7) is 3.63. The summed E-state index contributed by atoms with van der Waals surface area (Å²) >= 11 is 0. The standard InChI is InChI=1S/C29H27N3O/c1-22-16-18-26(19-17-22)28-30-31-29(33-28)27(25-14-8-9-15-25)32(20-23-10-4-2-5-11-23)21-24-12-6-3-7-13-24/h2-14,16-19,27H,15,20-21H2,1H3. The van der Waals surface area contributed by atoms with Gasteiger partial charge < -0.3 is 4.42 Å². The lowest BCUT2D eigenvalue weighted by Gasteiger charge is -2.31. The molecule has 3 aromatic carbocycles. The lowest BCUT2D eigenvalue weighted by atomic mass is 10.0. The summed E-state index contributed by atoms with van der Waals surface area (Å²) in [4.78, 5) is 2.43. The van der Waals surface area contributed by atoms with E-state index in [4.69, 9.17) is 4.42 Å². The summed E-state index contributed by atoms with van der Waals surface area (Å²) in [5.41, 5.74) is 5.91. The first-order chi connectivity index (χ1) is 16.3. The molecule has 0 N–H and O–H groups in total. The molecule has 4 aromatic rings. The molecule has 0 saturated carbocycles. The molecule has 0 fully saturated rings. The Kier molecular flexibility index (Phi) is 6.27. The number of aromatic nitrogens is 2. The monoisotopic (exact) mass is 433 g/mol. The van der Waals surface area contributed by atoms with Gasteiger partial charge in [-0.2, -0.15) is 0 Å². The zero-order valence-corrected chi connectivity index (χ0v) is 18.8. The second kappa shape index (κ2) is 9.80. The molecule has 1 aliphatic rings. The highest BCUT2D eigenvalue weighted by molar-refractivity contribution is 5.53. The van der Waals surface area contributed by atoms with Crippen molar-refractivity contribution in [1.82, 2.24) is 15.1 Å². The number of hydrogen-bond acceptors (Lipinski definition) is 4. The summed E-state index contributed by atoms with van der Waals surface area (Å²) in [5.74, 6) is 1.19. The van der Waals surface area contributed by atoms with Gasteiger partial charge in [-0.05, 0) is 42.2 Å². The molecule has 0 aliphatic heterocycles. The molecule has 4 nitrogen and oxygen atoms in total. The van der Waals surface area contributed by atoms with Gasteiger partial charge in [0.2, 0.25) is 11.8 Å². The maximum Gasteiger partial charge on any atom is 0.247 e. The fourth-order valence-electron chi connectivity index (χ4n) is 4.25. The van der Waals surface area contributed by atoms with E-state index in [-0.39, 0.29) is 6.04 Å². The first-order valence-electron chi connectivity index (χ1n) is 11.3. The lowest BCUT2D eigenvalue weighted by molar-refractivity contribution is 0.177. The van der Waals surface area contributed by atoms with Gasteiger partial charge in [-0.1, -0.05) is 96.6 Å². The van der Waals surface area contributed by atoms with E-state index in [1.165, 1.54) is 22.3 Å². The maximum atomic E-state index is 6.31. The molecular formula is C29H27N3O. The largest absolute Gasteiger partial charge is 0.419 e. The number of aryl methyl sites for hydroxylation is 1. The molecule has 0 saturated heterocycles. The summed E-state index contributed by atoms with van der Waals surface area (Å²) < 4.78 is 6.31. The Morgan fingerprint density at radius 3 is 2.03 bits per heavy atom. The molecule has 4 heteroatoms. The van der Waals surface area contributed by atoms with E-state index in [0.717, 1.165) is 25.1 Å². The van der Waals surface area contributed by atoms with Crippen LogP contribution in [0.4, 0.5) is 0 Å². The molecule has 1 atom stereocenters. The van der Waals surface area contributed by atoms with Gasteiger partial charge in [0.1, 0.15) is 6.04 Å². The van der Waals surface area contributed by atoms with Gasteiger partial charge in [-0.25, -0.2) is 0 Å². The lowest BCUT2D eigenvalue weighted by Crippen LogP contribution is -2.29. The van der Waals surface area contributed by atoms with E-state index in [1.807, 2.05) is 12.1 Å². The van der Waals surface area contributed by atoms with Crippen LogP contribution in [-0.2, 0) is 13.1 Å². The molecule has 164 valence electrons. The fourth-order valence-corrected chi connectivity index (χ4v) is 4.25. The average Bonchev–Trinajstić information content (AvgIpc) is 3.55. The smallest absolute Gasteiger partial charge is 0.247 e. The number of nitrogens with zero attached hydrogens (tertiary/aromatic N) is 3. The SMILES string of the molecule is Cc1ccc(-c2nnc(C(C3=CC=CC3)N(Cc3ccccc3)Cc3ccccc3)o2)cc1. The van der Waals surface area contributed by atoms with Crippen molar-refractivity contribution in [2.24, 2.45) is 0 Å². The number of allylic oxidation sites excluding steroid dienone is 3. The highest BCUT2D eigenvalue weighted by atomic mass is 16.4. The van der Waals surface area contributed by atoms with Crippen LogP contribution in [0.3, 0.4) is 0 Å². The predicted molar refractivity (Wildman–Crippen MR) is 131 cm³/mol. The van der Waals surface area contributed by atoms with Crippen LogP contribution in [0.25, 0.3) is 11.5 Å². The van der Waals surface area contributed by atoms with E-state index in [9.17, 15) is 0 Å². The Morgan fingerprint density at radius 2 is 1.45 bits per heavy atom. The highest BCUT2D eigenvalue weighted by Gasteiger charge is 2.30. The van der Waals surface area contributed by atoms with Gasteiger partial charge in [0.15, 0.2) is 0 Å². The van der Waals surface area contributed by atoms with Gasteiger partial charge in [0.25, 0.3) is 0 Å². The first kappa shape index (κ1) is 21.1. The van der Waals surface area contributed by atoms with Crippen LogP contribution in [0.5, 0.6) is 0 Å². The Labute approximate surface area is 194 Å². The molecule has 1 aliphatic carbocycles. The first-order valence-corrected chi connectivity index (χ1v) is 11.3. The third-order valence-corrected chi connectivity index (χ3v) is 5.95. The van der Waals surface area contributed by atoms with Gasteiger partial charge in [0.05, 0.1) is 0 Å². The van der Waals surface area contributed by atoms with Crippen molar-refractivity contribution in [3.05, 3.63) is 131 Å². The van der Waals surface area contributed by atoms with Crippen molar-refractivity contribution in [2.45, 2.75) is 32.5 Å². The third kappa shape index (κ3) is 5.02. The van der Waals surface area contributed by atoms with Crippen molar-refractivity contribution in [1.29, 1.82) is 0 Å². The molecule has 1 aromatic heterocycles. The minimum Gasteiger partial charge on any atom is -0.419 e. The van der Waals surface area contributed by atoms with E-state index in [1.54, 1.807) is 0 Å². The van der Waals surface area contributed by atoms with E-state index < -0.39 is 0 Å². The molecule has 1 unspecified atom stereocenters. The average molecular weight is 434 g/mol. The Bertz CT molecular complexity index is 1200. The Balaban J connectivity index is 1.52. The second-order valence-corrected chi connectivity index (χ2v) is 8.46. The summed E-state index contributed by atoms with van der Waals surface area (Å²) in [6.07, 6.45) is 7.36. The van der Waals surface area contributed by atoms with Crippen molar-refractivity contribution in [2.75, 3.05) is 0 Å². The number of rotatable bonds is 8. The molecule has 0 spiro atoms. The van der Waals surface area contributed by atoms with Crippen LogP contribution in [-0.4, -0.2) is 15.1 Å². The summed E-state index contributed by atoms with van der Waals surface area (Å²) in [5, 5.41) is 8.95. The minimum atomic E-state index is -0.105. The molecule has 0 amide bonds. The third-order valence-electron chi connectivity index (χ3n) is 5.95. The van der Waals surface area contributed by atoms with Crippen LogP contribution < -0.4 is 0 Å². The van der Waals surface area contributed by atoms with E-state index in [2.05, 4.69) is 113 Å². The van der Waals surface area contributed by atoms with Crippen molar-refractivity contribution in [3.63, 3.8) is 0 Å². The van der Waals surface area contributed by atoms with Crippen molar-refractivity contribution >= 4 is 0 Å². The highest BCUT2D eigenvalue weighted by Crippen LogP contribution is 2.36. The van der Waals surface area contributed by atoms with Gasteiger partial charge in [-0.15, -0.1) is 10.2 Å². The zero-order valence-electron chi connectivity index (χ0n) is 18.8. The Morgan fingerprint density at radius 1 is 0.818 bits per heavy atom. The van der Waals surface area contributed by atoms with Gasteiger partial charge in [0, 0.05) is 18.7 Å².